The van der Waals surface area contributed by atoms with Gasteiger partial charge in [0.05, 0.1) is 0 Å². The number of ether oxygens (including phenoxy) is 1. The first-order valence-electron chi connectivity index (χ1n) is 6.71. The maximum atomic E-state index is 11.9. The molecule has 1 aliphatic heterocycles. The monoisotopic (exact) mass is 271 g/mol. The van der Waals surface area contributed by atoms with E-state index in [1.54, 1.807) is 9.80 Å². The molecule has 1 aliphatic rings. The minimum Gasteiger partial charge on any atom is -0.444 e. The van der Waals surface area contributed by atoms with Crippen molar-refractivity contribution in [3.8, 4) is 0 Å². The first-order chi connectivity index (χ1) is 8.74. The molecule has 0 aromatic carbocycles. The third kappa shape index (κ3) is 4.70. The lowest BCUT2D eigenvalue weighted by Crippen LogP contribution is -2.53. The summed E-state index contributed by atoms with van der Waals surface area (Å²) < 4.78 is 5.31. The quantitative estimate of drug-likeness (QED) is 0.800. The zero-order valence-electron chi connectivity index (χ0n) is 12.3. The number of piperazine rings is 1. The Balaban J connectivity index is 2.45. The molecule has 0 aromatic heterocycles. The van der Waals surface area contributed by atoms with Crippen LogP contribution < -0.4 is 5.73 Å². The Bertz CT molecular complexity index is 331. The van der Waals surface area contributed by atoms with E-state index in [-0.39, 0.29) is 17.9 Å². The fraction of sp³-hybridized carbons (Fsp3) is 0.846. The van der Waals surface area contributed by atoms with Gasteiger partial charge < -0.3 is 20.3 Å². The summed E-state index contributed by atoms with van der Waals surface area (Å²) in [5, 5.41) is 0. The lowest BCUT2D eigenvalue weighted by molar-refractivity contribution is -0.136. The highest BCUT2D eigenvalue weighted by molar-refractivity contribution is 5.79. The molecule has 2 amide bonds. The van der Waals surface area contributed by atoms with Crippen LogP contribution in [0.15, 0.2) is 0 Å². The van der Waals surface area contributed by atoms with E-state index >= 15 is 0 Å². The van der Waals surface area contributed by atoms with Crippen LogP contribution in [-0.4, -0.2) is 60.1 Å². The van der Waals surface area contributed by atoms with Crippen molar-refractivity contribution < 1.29 is 14.3 Å². The maximum absolute atomic E-state index is 11.9. The van der Waals surface area contributed by atoms with Crippen molar-refractivity contribution in [3.05, 3.63) is 0 Å². The molecule has 0 unspecified atom stereocenters. The molecular formula is C13H25N3O3. The van der Waals surface area contributed by atoms with Crippen LogP contribution in [0.3, 0.4) is 0 Å². The normalized spacial score (nSPS) is 18.2. The van der Waals surface area contributed by atoms with Crippen LogP contribution >= 0.6 is 0 Å². The standard InChI is InChI=1S/C13H25N3O3/c1-10(9-14)11(17)15-5-7-16(8-6-15)12(18)19-13(2,3)4/h10H,5-9,14H2,1-4H3/t10-/m0/s1. The molecule has 110 valence electrons. The lowest BCUT2D eigenvalue weighted by Gasteiger charge is -2.36. The molecule has 0 bridgehead atoms. The Hall–Kier alpha value is -1.30. The van der Waals surface area contributed by atoms with Gasteiger partial charge in [0.1, 0.15) is 5.60 Å². The van der Waals surface area contributed by atoms with Crippen molar-refractivity contribution in [3.63, 3.8) is 0 Å². The van der Waals surface area contributed by atoms with E-state index in [4.69, 9.17) is 10.5 Å². The summed E-state index contributed by atoms with van der Waals surface area (Å²) in [6.45, 7) is 9.81. The summed E-state index contributed by atoms with van der Waals surface area (Å²) in [6.07, 6.45) is -0.313. The van der Waals surface area contributed by atoms with Gasteiger partial charge in [-0.2, -0.15) is 0 Å². The summed E-state index contributed by atoms with van der Waals surface area (Å²) in [6, 6.07) is 0. The highest BCUT2D eigenvalue weighted by Gasteiger charge is 2.28. The third-order valence-corrected chi connectivity index (χ3v) is 3.02. The zero-order valence-corrected chi connectivity index (χ0v) is 12.3. The predicted molar refractivity (Wildman–Crippen MR) is 72.6 cm³/mol. The Kier molecular flexibility index (Phi) is 5.17. The molecule has 0 saturated carbocycles. The Morgan fingerprint density at radius 3 is 2.05 bits per heavy atom. The van der Waals surface area contributed by atoms with E-state index in [0.717, 1.165) is 0 Å². The summed E-state index contributed by atoms with van der Waals surface area (Å²) in [7, 11) is 0. The second-order valence-electron chi connectivity index (χ2n) is 5.93. The summed E-state index contributed by atoms with van der Waals surface area (Å²) in [5.74, 6) is -0.0978. The number of hydrogen-bond acceptors (Lipinski definition) is 4. The molecule has 1 saturated heterocycles. The number of amides is 2. The van der Waals surface area contributed by atoms with Gasteiger partial charge >= 0.3 is 6.09 Å². The first-order valence-corrected chi connectivity index (χ1v) is 6.71. The van der Waals surface area contributed by atoms with Crippen LogP contribution in [0, 0.1) is 5.92 Å². The molecule has 1 fully saturated rings. The smallest absolute Gasteiger partial charge is 0.410 e. The van der Waals surface area contributed by atoms with Crippen LogP contribution in [0.4, 0.5) is 4.79 Å². The molecule has 0 aliphatic carbocycles. The van der Waals surface area contributed by atoms with Crippen molar-refractivity contribution >= 4 is 12.0 Å². The molecule has 6 nitrogen and oxygen atoms in total. The fourth-order valence-electron chi connectivity index (χ4n) is 1.85. The lowest BCUT2D eigenvalue weighted by atomic mass is 10.1. The minimum absolute atomic E-state index is 0.0614. The molecule has 1 heterocycles. The summed E-state index contributed by atoms with van der Waals surface area (Å²) in [5.41, 5.74) is 5.00. The highest BCUT2D eigenvalue weighted by Crippen LogP contribution is 2.12. The van der Waals surface area contributed by atoms with Crippen LogP contribution in [0.1, 0.15) is 27.7 Å². The van der Waals surface area contributed by atoms with Crippen molar-refractivity contribution in [2.75, 3.05) is 32.7 Å². The average molecular weight is 271 g/mol. The van der Waals surface area contributed by atoms with E-state index < -0.39 is 5.60 Å². The number of carbonyl (C=O) groups excluding carboxylic acids is 2. The van der Waals surface area contributed by atoms with E-state index in [1.165, 1.54) is 0 Å². The molecule has 2 N–H and O–H groups in total. The predicted octanol–water partition coefficient (Wildman–Crippen LogP) is 0.661. The van der Waals surface area contributed by atoms with Gasteiger partial charge in [-0.25, -0.2) is 4.79 Å². The third-order valence-electron chi connectivity index (χ3n) is 3.02. The van der Waals surface area contributed by atoms with Gasteiger partial charge in [-0.1, -0.05) is 6.92 Å². The van der Waals surface area contributed by atoms with E-state index in [2.05, 4.69) is 0 Å². The van der Waals surface area contributed by atoms with Crippen molar-refractivity contribution in [2.24, 2.45) is 11.7 Å². The SMILES string of the molecule is C[C@@H](CN)C(=O)N1CCN(C(=O)OC(C)(C)C)CC1. The second kappa shape index (κ2) is 6.23. The topological polar surface area (TPSA) is 75.9 Å². The average Bonchev–Trinajstić information content (AvgIpc) is 2.35. The Labute approximate surface area is 114 Å². The maximum Gasteiger partial charge on any atom is 0.410 e. The van der Waals surface area contributed by atoms with Crippen LogP contribution in [0.5, 0.6) is 0 Å². The number of nitrogens with zero attached hydrogens (tertiary/aromatic N) is 2. The second-order valence-corrected chi connectivity index (χ2v) is 5.93. The molecular weight excluding hydrogens is 246 g/mol. The molecule has 19 heavy (non-hydrogen) atoms. The number of nitrogens with two attached hydrogens (primary N) is 1. The van der Waals surface area contributed by atoms with Gasteiger partial charge in [-0.3, -0.25) is 4.79 Å². The minimum atomic E-state index is -0.488. The Morgan fingerprint density at radius 1 is 1.16 bits per heavy atom. The van der Waals surface area contributed by atoms with Crippen LogP contribution in [0.2, 0.25) is 0 Å². The summed E-state index contributed by atoms with van der Waals surface area (Å²) in [4.78, 5) is 27.2. The van der Waals surface area contributed by atoms with Gasteiger partial charge in [0.2, 0.25) is 5.91 Å². The van der Waals surface area contributed by atoms with Gasteiger partial charge in [0, 0.05) is 38.6 Å². The van der Waals surface area contributed by atoms with Crippen molar-refractivity contribution in [2.45, 2.75) is 33.3 Å². The van der Waals surface area contributed by atoms with E-state index in [1.807, 2.05) is 27.7 Å². The molecule has 1 atom stereocenters. The highest BCUT2D eigenvalue weighted by atomic mass is 16.6. The van der Waals surface area contributed by atoms with Gasteiger partial charge in [-0.05, 0) is 20.8 Å². The van der Waals surface area contributed by atoms with Crippen molar-refractivity contribution in [1.82, 2.24) is 9.80 Å². The fourth-order valence-corrected chi connectivity index (χ4v) is 1.85. The van der Waals surface area contributed by atoms with E-state index in [0.29, 0.717) is 32.7 Å². The number of hydrogen-bond donors (Lipinski definition) is 1. The number of carbonyl (C=O) groups is 2. The van der Waals surface area contributed by atoms with E-state index in [9.17, 15) is 9.59 Å². The zero-order chi connectivity index (χ0) is 14.6. The van der Waals surface area contributed by atoms with Gasteiger partial charge in [-0.15, -0.1) is 0 Å². The van der Waals surface area contributed by atoms with Gasteiger partial charge in [0.15, 0.2) is 0 Å². The molecule has 0 spiro atoms. The first kappa shape index (κ1) is 15.8. The molecule has 0 aromatic rings. The molecule has 6 heteroatoms. The molecule has 0 radical (unpaired) electrons. The van der Waals surface area contributed by atoms with Gasteiger partial charge in [0.25, 0.3) is 0 Å². The summed E-state index contributed by atoms with van der Waals surface area (Å²) >= 11 is 0. The van der Waals surface area contributed by atoms with Crippen molar-refractivity contribution in [1.29, 1.82) is 0 Å². The largest absolute Gasteiger partial charge is 0.444 e. The number of rotatable bonds is 2. The molecule has 1 rings (SSSR count). The Morgan fingerprint density at radius 2 is 1.63 bits per heavy atom. The van der Waals surface area contributed by atoms with Crippen LogP contribution in [-0.2, 0) is 9.53 Å². The van der Waals surface area contributed by atoms with Crippen LogP contribution in [0.25, 0.3) is 0 Å².